The van der Waals surface area contributed by atoms with Crippen LogP contribution in [0.15, 0.2) is 29.2 Å². The van der Waals surface area contributed by atoms with Gasteiger partial charge in [-0.15, -0.1) is 0 Å². The number of carbonyl (C=O) groups is 2. The number of ether oxygens (including phenoxy) is 1. The Labute approximate surface area is 171 Å². The van der Waals surface area contributed by atoms with E-state index in [0.717, 1.165) is 5.56 Å². The van der Waals surface area contributed by atoms with Crippen molar-refractivity contribution in [3.8, 4) is 0 Å². The van der Waals surface area contributed by atoms with Gasteiger partial charge in [0.25, 0.3) is 5.91 Å². The zero-order valence-corrected chi connectivity index (χ0v) is 18.4. The maximum atomic E-state index is 12.5. The van der Waals surface area contributed by atoms with Crippen molar-refractivity contribution in [2.75, 3.05) is 18.6 Å². The minimum absolute atomic E-state index is 0.00838. The average Bonchev–Trinajstić information content (AvgIpc) is 3.00. The molecule has 0 aromatic heterocycles. The fourth-order valence-corrected chi connectivity index (χ4v) is 5.91. The van der Waals surface area contributed by atoms with E-state index >= 15 is 0 Å². The van der Waals surface area contributed by atoms with Gasteiger partial charge in [0, 0.05) is 13.1 Å². The van der Waals surface area contributed by atoms with E-state index in [1.54, 1.807) is 12.1 Å². The van der Waals surface area contributed by atoms with Crippen LogP contribution >= 0.6 is 0 Å². The van der Waals surface area contributed by atoms with Crippen LogP contribution in [0.2, 0.25) is 0 Å². The lowest BCUT2D eigenvalue weighted by atomic mass is 10.2. The zero-order valence-electron chi connectivity index (χ0n) is 16.8. The van der Waals surface area contributed by atoms with Gasteiger partial charge in [-0.25, -0.2) is 16.8 Å². The number of hydrogen-bond donors (Lipinski definition) is 1. The summed E-state index contributed by atoms with van der Waals surface area (Å²) in [6, 6.07) is 4.44. The van der Waals surface area contributed by atoms with Crippen LogP contribution in [0.3, 0.4) is 0 Å². The number of hydrogen-bond acceptors (Lipinski definition) is 7. The van der Waals surface area contributed by atoms with Gasteiger partial charge in [-0.05, 0) is 39.3 Å². The third kappa shape index (κ3) is 6.00. The molecule has 29 heavy (non-hydrogen) atoms. The summed E-state index contributed by atoms with van der Waals surface area (Å²) in [5.41, 5.74) is 0.892. The van der Waals surface area contributed by atoms with E-state index < -0.39 is 49.9 Å². The Hall–Kier alpha value is -1.98. The molecule has 162 valence electrons. The zero-order chi connectivity index (χ0) is 22.0. The molecule has 0 spiro atoms. The summed E-state index contributed by atoms with van der Waals surface area (Å²) >= 11 is 0. The summed E-state index contributed by atoms with van der Waals surface area (Å²) in [6.07, 6.45) is -0.847. The molecule has 0 bridgehead atoms. The first-order valence-electron chi connectivity index (χ1n) is 9.09. The monoisotopic (exact) mass is 446 g/mol. The number of esters is 1. The van der Waals surface area contributed by atoms with E-state index in [0.29, 0.717) is 6.42 Å². The second-order valence-corrected chi connectivity index (χ2v) is 11.2. The van der Waals surface area contributed by atoms with Crippen molar-refractivity contribution in [1.29, 1.82) is 0 Å². The molecule has 0 radical (unpaired) electrons. The first kappa shape index (κ1) is 23.3. The van der Waals surface area contributed by atoms with Gasteiger partial charge in [0.15, 0.2) is 15.9 Å². The fraction of sp³-hybridized carbons (Fsp3) is 0.556. The molecule has 2 unspecified atom stereocenters. The van der Waals surface area contributed by atoms with Crippen LogP contribution in [0.1, 0.15) is 25.8 Å². The highest BCUT2D eigenvalue weighted by molar-refractivity contribution is 7.91. The van der Waals surface area contributed by atoms with E-state index in [2.05, 4.69) is 4.72 Å². The molecule has 1 aliphatic heterocycles. The Morgan fingerprint density at radius 1 is 1.21 bits per heavy atom. The number of carbonyl (C=O) groups excluding carboxylic acids is 2. The van der Waals surface area contributed by atoms with Crippen molar-refractivity contribution in [3.63, 3.8) is 0 Å². The highest BCUT2D eigenvalue weighted by Crippen LogP contribution is 2.18. The quantitative estimate of drug-likeness (QED) is 0.594. The molecule has 1 aliphatic rings. The standard InChI is InChI=1S/C18H26N2O7S2/c1-12-5-7-16(8-6-12)29(25,26)19-13(2)18(22)27-14(3)17(21)20(4)15-9-10-28(23,24)11-15/h5-8,13-15,19H,9-11H2,1-4H3/t13-,14?,15?/m0/s1. The topological polar surface area (TPSA) is 127 Å². The largest absolute Gasteiger partial charge is 0.451 e. The molecule has 3 atom stereocenters. The lowest BCUT2D eigenvalue weighted by Crippen LogP contribution is -2.46. The lowest BCUT2D eigenvalue weighted by Gasteiger charge is -2.27. The Kier molecular flexibility index (Phi) is 7.07. The van der Waals surface area contributed by atoms with Gasteiger partial charge in [-0.2, -0.15) is 4.72 Å². The van der Waals surface area contributed by atoms with Crippen molar-refractivity contribution in [1.82, 2.24) is 9.62 Å². The van der Waals surface area contributed by atoms with Gasteiger partial charge < -0.3 is 9.64 Å². The third-order valence-electron chi connectivity index (χ3n) is 4.76. The number of rotatable bonds is 7. The predicted octanol–water partition coefficient (Wildman–Crippen LogP) is 0.239. The minimum atomic E-state index is -3.93. The first-order chi connectivity index (χ1) is 13.3. The Morgan fingerprint density at radius 2 is 1.79 bits per heavy atom. The van der Waals surface area contributed by atoms with Gasteiger partial charge in [-0.3, -0.25) is 9.59 Å². The van der Waals surface area contributed by atoms with E-state index in [1.807, 2.05) is 6.92 Å². The summed E-state index contributed by atoms with van der Waals surface area (Å²) < 4.78 is 55.2. The number of likely N-dealkylation sites (N-methyl/N-ethyl adjacent to an activating group) is 1. The normalized spacial score (nSPS) is 20.6. The fourth-order valence-electron chi connectivity index (χ4n) is 2.94. The first-order valence-corrected chi connectivity index (χ1v) is 12.4. The molecule has 2 rings (SSSR count). The number of nitrogens with one attached hydrogen (secondary N) is 1. The number of benzene rings is 1. The van der Waals surface area contributed by atoms with Crippen LogP contribution in [0.5, 0.6) is 0 Å². The number of sulfone groups is 1. The maximum absolute atomic E-state index is 12.5. The molecule has 0 saturated carbocycles. The third-order valence-corrected chi connectivity index (χ3v) is 8.07. The molecular formula is C18H26N2O7S2. The maximum Gasteiger partial charge on any atom is 0.324 e. The molecule has 1 N–H and O–H groups in total. The highest BCUT2D eigenvalue weighted by Gasteiger charge is 2.35. The van der Waals surface area contributed by atoms with Gasteiger partial charge in [0.2, 0.25) is 10.0 Å². The summed E-state index contributed by atoms with van der Waals surface area (Å²) in [5.74, 6) is -1.56. The molecule has 1 heterocycles. The molecule has 1 aromatic rings. The van der Waals surface area contributed by atoms with Crippen LogP contribution in [0.4, 0.5) is 0 Å². The predicted molar refractivity (Wildman–Crippen MR) is 106 cm³/mol. The van der Waals surface area contributed by atoms with E-state index in [9.17, 15) is 26.4 Å². The molecule has 9 nitrogen and oxygen atoms in total. The van der Waals surface area contributed by atoms with Crippen LogP contribution in [-0.4, -0.2) is 70.4 Å². The Balaban J connectivity index is 1.96. The molecule has 1 fully saturated rings. The van der Waals surface area contributed by atoms with E-state index in [4.69, 9.17) is 4.74 Å². The SMILES string of the molecule is Cc1ccc(S(=O)(=O)N[C@@H](C)C(=O)OC(C)C(=O)N(C)C2CCS(=O)(=O)C2)cc1. The molecule has 11 heteroatoms. The molecule has 1 amide bonds. The van der Waals surface area contributed by atoms with Gasteiger partial charge in [0.05, 0.1) is 16.4 Å². The van der Waals surface area contributed by atoms with Crippen LogP contribution in [0.25, 0.3) is 0 Å². The average molecular weight is 447 g/mol. The van der Waals surface area contributed by atoms with E-state index in [-0.39, 0.29) is 16.4 Å². The molecule has 1 saturated heterocycles. The molecular weight excluding hydrogens is 420 g/mol. The van der Waals surface area contributed by atoms with Gasteiger partial charge in [-0.1, -0.05) is 17.7 Å². The smallest absolute Gasteiger partial charge is 0.324 e. The molecule has 0 aliphatic carbocycles. The second kappa shape index (κ2) is 8.80. The number of sulfonamides is 1. The lowest BCUT2D eigenvalue weighted by molar-refractivity contribution is -0.160. The van der Waals surface area contributed by atoms with Crippen LogP contribution in [0, 0.1) is 6.92 Å². The van der Waals surface area contributed by atoms with E-state index in [1.165, 1.54) is 37.9 Å². The van der Waals surface area contributed by atoms with Crippen molar-refractivity contribution >= 4 is 31.7 Å². The summed E-state index contributed by atoms with van der Waals surface area (Å²) in [4.78, 5) is 26.0. The van der Waals surface area contributed by atoms with Crippen molar-refractivity contribution in [2.45, 2.75) is 50.3 Å². The van der Waals surface area contributed by atoms with Gasteiger partial charge >= 0.3 is 5.97 Å². The highest BCUT2D eigenvalue weighted by atomic mass is 32.2. The van der Waals surface area contributed by atoms with Crippen molar-refractivity contribution in [2.24, 2.45) is 0 Å². The summed E-state index contributed by atoms with van der Waals surface area (Å²) in [7, 11) is -5.64. The second-order valence-electron chi connectivity index (χ2n) is 7.24. The number of aryl methyl sites for hydroxylation is 1. The van der Waals surface area contributed by atoms with Crippen molar-refractivity contribution in [3.05, 3.63) is 29.8 Å². The summed E-state index contributed by atoms with van der Waals surface area (Å²) in [5, 5.41) is 0. The number of nitrogens with zero attached hydrogens (tertiary/aromatic N) is 1. The summed E-state index contributed by atoms with van der Waals surface area (Å²) in [6.45, 7) is 4.50. The van der Waals surface area contributed by atoms with Crippen molar-refractivity contribution < 1.29 is 31.2 Å². The number of amides is 1. The van der Waals surface area contributed by atoms with Crippen LogP contribution < -0.4 is 4.72 Å². The Morgan fingerprint density at radius 3 is 2.31 bits per heavy atom. The minimum Gasteiger partial charge on any atom is -0.451 e. The molecule has 1 aromatic carbocycles. The van der Waals surface area contributed by atoms with Crippen LogP contribution in [-0.2, 0) is 34.2 Å². The van der Waals surface area contributed by atoms with Gasteiger partial charge in [0.1, 0.15) is 6.04 Å². The Bertz CT molecular complexity index is 972.